The van der Waals surface area contributed by atoms with Crippen LogP contribution in [0, 0.1) is 5.21 Å². The van der Waals surface area contributed by atoms with Crippen LogP contribution >= 0.6 is 0 Å². The van der Waals surface area contributed by atoms with Crippen LogP contribution in [0.1, 0.15) is 13.8 Å². The molecule has 0 unspecified atom stereocenters. The number of hydroxylamine groups is 1. The van der Waals surface area contributed by atoms with Gasteiger partial charge in [-0.25, -0.2) is 0 Å². The van der Waals surface area contributed by atoms with Gasteiger partial charge < -0.3 is 10.0 Å². The molecule has 0 saturated heterocycles. The summed E-state index contributed by atoms with van der Waals surface area (Å²) in [5.41, 5.74) is 0. The van der Waals surface area contributed by atoms with Gasteiger partial charge in [0.05, 0.1) is 0 Å². The lowest BCUT2D eigenvalue weighted by Gasteiger charge is -1.99. The van der Waals surface area contributed by atoms with E-state index < -0.39 is 0 Å². The van der Waals surface area contributed by atoms with Crippen LogP contribution in [-0.4, -0.2) is 18.0 Å². The lowest BCUT2D eigenvalue weighted by atomic mass is 10.4. The highest BCUT2D eigenvalue weighted by Crippen LogP contribution is 1.86. The molecule has 0 bridgehead atoms. The molecule has 0 aliphatic rings. The fraction of sp³-hybridized carbons (Fsp3) is 1.00. The second kappa shape index (κ2) is 3.23. The highest BCUT2D eigenvalue weighted by molar-refractivity contribution is 4.26. The molecule has 0 aliphatic heterocycles. The molecule has 4 nitrogen and oxygen atoms in total. The number of hydrogen-bond acceptors (Lipinski definition) is 3. The third-order valence-electron chi connectivity index (χ3n) is 0.604. The van der Waals surface area contributed by atoms with Crippen molar-refractivity contribution in [3.05, 3.63) is 5.21 Å². The summed E-state index contributed by atoms with van der Waals surface area (Å²) in [5, 5.41) is 13.5. The van der Waals surface area contributed by atoms with Crippen LogP contribution in [0.3, 0.4) is 0 Å². The van der Waals surface area contributed by atoms with Gasteiger partial charge in [0.15, 0.2) is 11.3 Å². The van der Waals surface area contributed by atoms with Gasteiger partial charge in [-0.15, -0.1) is 0 Å². The number of hydrogen-bond donors (Lipinski definition) is 0. The van der Waals surface area contributed by atoms with Crippen molar-refractivity contribution in [3.63, 3.8) is 0 Å². The fourth-order valence-electron chi connectivity index (χ4n) is 0.175. The molecule has 48 valence electrons. The molecule has 0 heterocycles. The van der Waals surface area contributed by atoms with Crippen LogP contribution in [0.5, 0.6) is 0 Å². The minimum atomic E-state index is -0.144. The molecule has 0 aromatic rings. The molecule has 0 aromatic heterocycles. The second-order valence-corrected chi connectivity index (χ2v) is 1.66. The minimum Gasteiger partial charge on any atom is -0.597 e. The Morgan fingerprint density at radius 1 is 1.62 bits per heavy atom. The zero-order valence-corrected chi connectivity index (χ0v) is 5.29. The maximum absolute atomic E-state index is 10.4. The molecular formula is C4H10N2O2. The molecular weight excluding hydrogens is 108 g/mol. The van der Waals surface area contributed by atoms with Crippen molar-refractivity contribution in [2.24, 2.45) is 5.28 Å². The summed E-state index contributed by atoms with van der Waals surface area (Å²) in [6.07, 6.45) is 0. The van der Waals surface area contributed by atoms with Crippen molar-refractivity contribution in [3.8, 4) is 0 Å². The van der Waals surface area contributed by atoms with E-state index in [4.69, 9.17) is 0 Å². The molecule has 8 heavy (non-hydrogen) atoms. The van der Waals surface area contributed by atoms with Crippen molar-refractivity contribution in [2.45, 2.75) is 19.9 Å². The Balaban J connectivity index is 3.61. The van der Waals surface area contributed by atoms with E-state index in [0.717, 1.165) is 0 Å². The molecule has 0 radical (unpaired) electrons. The average molecular weight is 118 g/mol. The molecule has 0 fully saturated rings. The van der Waals surface area contributed by atoms with Gasteiger partial charge in [0.25, 0.3) is 0 Å². The van der Waals surface area contributed by atoms with Crippen molar-refractivity contribution in [1.29, 1.82) is 0 Å². The molecule has 4 heteroatoms. The SMILES string of the molecule is CO/N=[N+](\[O-])C(C)C. The fourth-order valence-corrected chi connectivity index (χ4v) is 0.175. The van der Waals surface area contributed by atoms with Crippen LogP contribution < -0.4 is 0 Å². The lowest BCUT2D eigenvalue weighted by molar-refractivity contribution is -0.585. The quantitative estimate of drug-likeness (QED) is 0.307. The van der Waals surface area contributed by atoms with Crippen molar-refractivity contribution in [2.75, 3.05) is 7.11 Å². The zero-order chi connectivity index (χ0) is 6.57. The van der Waals surface area contributed by atoms with Gasteiger partial charge in [0.2, 0.25) is 0 Å². The van der Waals surface area contributed by atoms with E-state index in [9.17, 15) is 5.21 Å². The third-order valence-corrected chi connectivity index (χ3v) is 0.604. The largest absolute Gasteiger partial charge is 0.597 e. The number of rotatable bonds is 2. The van der Waals surface area contributed by atoms with Gasteiger partial charge >= 0.3 is 0 Å². The topological polar surface area (TPSA) is 47.7 Å². The monoisotopic (exact) mass is 118 g/mol. The van der Waals surface area contributed by atoms with E-state index >= 15 is 0 Å². The van der Waals surface area contributed by atoms with E-state index in [0.29, 0.717) is 4.86 Å². The summed E-state index contributed by atoms with van der Waals surface area (Å²) in [6, 6.07) is -0.144. The first-order valence-corrected chi connectivity index (χ1v) is 2.39. The van der Waals surface area contributed by atoms with Gasteiger partial charge in [-0.05, 0) is 0 Å². The van der Waals surface area contributed by atoms with Crippen LogP contribution in [0.4, 0.5) is 0 Å². The summed E-state index contributed by atoms with van der Waals surface area (Å²) in [4.78, 5) is 4.70. The highest BCUT2D eigenvalue weighted by Gasteiger charge is 1.99. The summed E-state index contributed by atoms with van der Waals surface area (Å²) in [6.45, 7) is 3.46. The summed E-state index contributed by atoms with van der Waals surface area (Å²) >= 11 is 0. The Labute approximate surface area is 48.3 Å². The van der Waals surface area contributed by atoms with Crippen molar-refractivity contribution >= 4 is 0 Å². The van der Waals surface area contributed by atoms with Crippen LogP contribution in [0.2, 0.25) is 0 Å². The summed E-state index contributed by atoms with van der Waals surface area (Å²) in [5.74, 6) is 0. The third kappa shape index (κ3) is 2.39. The van der Waals surface area contributed by atoms with E-state index in [-0.39, 0.29) is 6.04 Å². The van der Waals surface area contributed by atoms with E-state index in [2.05, 4.69) is 10.1 Å². The maximum Gasteiger partial charge on any atom is 0.199 e. The Morgan fingerprint density at radius 3 is 2.25 bits per heavy atom. The van der Waals surface area contributed by atoms with Crippen LogP contribution in [0.25, 0.3) is 0 Å². The first-order chi connectivity index (χ1) is 3.68. The van der Waals surface area contributed by atoms with Gasteiger partial charge in [0.1, 0.15) is 7.11 Å². The summed E-state index contributed by atoms with van der Waals surface area (Å²) in [7, 11) is 1.34. The van der Waals surface area contributed by atoms with Crippen molar-refractivity contribution < 1.29 is 9.70 Å². The van der Waals surface area contributed by atoms with E-state index in [1.807, 2.05) is 0 Å². The highest BCUT2D eigenvalue weighted by atomic mass is 16.7. The molecule has 0 spiro atoms. The minimum absolute atomic E-state index is 0.144. The molecule has 0 aromatic carbocycles. The first kappa shape index (κ1) is 7.20. The number of nitrogens with zero attached hydrogens (tertiary/aromatic N) is 2. The van der Waals surface area contributed by atoms with E-state index in [1.165, 1.54) is 7.11 Å². The van der Waals surface area contributed by atoms with Gasteiger partial charge in [0, 0.05) is 13.8 Å². The molecule has 0 rings (SSSR count). The molecule has 0 N–H and O–H groups in total. The van der Waals surface area contributed by atoms with Crippen LogP contribution in [0.15, 0.2) is 5.28 Å². The van der Waals surface area contributed by atoms with Gasteiger partial charge in [-0.1, -0.05) is 4.86 Å². The smallest absolute Gasteiger partial charge is 0.199 e. The standard InChI is InChI=1S/C4H10N2O2/c1-4(2)6(7)5-8-3/h4H,1-3H3/b6-5-. The first-order valence-electron chi connectivity index (χ1n) is 2.39. The lowest BCUT2D eigenvalue weighted by Crippen LogP contribution is -2.10. The Hall–Kier alpha value is -0.800. The predicted molar refractivity (Wildman–Crippen MR) is 28.2 cm³/mol. The predicted octanol–water partition coefficient (Wildman–Crippen LogP) is 0.919. The maximum atomic E-state index is 10.4. The van der Waals surface area contributed by atoms with Gasteiger partial charge in [-0.3, -0.25) is 0 Å². The molecule has 0 saturated carbocycles. The Bertz CT molecular complexity index is 90.0. The summed E-state index contributed by atoms with van der Waals surface area (Å²) < 4.78 is 0. The van der Waals surface area contributed by atoms with Gasteiger partial charge in [-0.2, -0.15) is 0 Å². The van der Waals surface area contributed by atoms with Crippen molar-refractivity contribution in [1.82, 2.24) is 0 Å². The zero-order valence-electron chi connectivity index (χ0n) is 5.29. The Kier molecular flexibility index (Phi) is 2.91. The molecule has 0 atom stereocenters. The Morgan fingerprint density at radius 2 is 2.12 bits per heavy atom. The van der Waals surface area contributed by atoms with E-state index in [1.54, 1.807) is 13.8 Å². The normalized spacial score (nSPS) is 12.2. The van der Waals surface area contributed by atoms with Crippen LogP contribution in [-0.2, 0) is 4.84 Å². The second-order valence-electron chi connectivity index (χ2n) is 1.66. The average Bonchev–Trinajstić information content (AvgIpc) is 1.67. The molecule has 0 aliphatic carbocycles. The molecule has 0 amide bonds.